The topological polar surface area (TPSA) is 127 Å². The van der Waals surface area contributed by atoms with Gasteiger partial charge < -0.3 is 16.2 Å². The van der Waals surface area contributed by atoms with E-state index in [-0.39, 0.29) is 18.6 Å². The Morgan fingerprint density at radius 1 is 1.50 bits per heavy atom. The fourth-order valence-corrected chi connectivity index (χ4v) is 1.75. The van der Waals surface area contributed by atoms with Crippen LogP contribution in [-0.2, 0) is 19.4 Å². The molecule has 0 rings (SSSR count). The minimum atomic E-state index is -3.30. The molecule has 0 spiro atoms. The van der Waals surface area contributed by atoms with Crippen LogP contribution in [0.15, 0.2) is 0 Å². The Balaban J connectivity index is 4.51. The molecule has 0 aliphatic heterocycles. The van der Waals surface area contributed by atoms with Crippen molar-refractivity contribution in [3.8, 4) is 12.3 Å². The molecule has 0 heterocycles. The molecule has 0 fully saturated rings. The van der Waals surface area contributed by atoms with Gasteiger partial charge >= 0.3 is 5.97 Å². The maximum absolute atomic E-state index is 11.4. The summed E-state index contributed by atoms with van der Waals surface area (Å²) < 4.78 is 21.8. The molecule has 102 valence electrons. The molecule has 4 N–H and O–H groups in total. The number of carbonyl (C=O) groups is 2. The van der Waals surface area contributed by atoms with Crippen LogP contribution in [0.25, 0.3) is 0 Å². The summed E-state index contributed by atoms with van der Waals surface area (Å²) in [6.07, 6.45) is 5.71. The molecule has 7 nitrogen and oxygen atoms in total. The maximum Gasteiger partial charge on any atom is 0.326 e. The van der Waals surface area contributed by atoms with E-state index in [0.29, 0.717) is 0 Å². The van der Waals surface area contributed by atoms with Crippen molar-refractivity contribution in [1.29, 1.82) is 0 Å². The van der Waals surface area contributed by atoms with E-state index < -0.39 is 33.8 Å². The molecule has 0 aromatic heterocycles. The zero-order valence-electron chi connectivity index (χ0n) is 9.92. The third-order valence-corrected chi connectivity index (χ3v) is 3.04. The van der Waals surface area contributed by atoms with Crippen molar-refractivity contribution in [1.82, 2.24) is 5.32 Å². The number of hydrogen-bond donors (Lipinski definition) is 3. The highest BCUT2D eigenvalue weighted by Crippen LogP contribution is 1.98. The summed E-state index contributed by atoms with van der Waals surface area (Å²) in [6, 6.07) is -2.30. The average molecular weight is 276 g/mol. The lowest BCUT2D eigenvalue weighted by Gasteiger charge is -2.16. The van der Waals surface area contributed by atoms with Crippen LogP contribution in [0.2, 0.25) is 0 Å². The Morgan fingerprint density at radius 3 is 2.44 bits per heavy atom. The van der Waals surface area contributed by atoms with Gasteiger partial charge in [0.25, 0.3) is 0 Å². The van der Waals surface area contributed by atoms with Gasteiger partial charge in [-0.1, -0.05) is 0 Å². The molecule has 0 bridgehead atoms. The van der Waals surface area contributed by atoms with Crippen molar-refractivity contribution in [2.45, 2.75) is 24.9 Å². The SMILES string of the molecule is C#CCC(N)C(=O)NC(CCS(C)(=O)=O)C(=O)O. The van der Waals surface area contributed by atoms with E-state index in [1.807, 2.05) is 0 Å². The lowest BCUT2D eigenvalue weighted by Crippen LogP contribution is -2.48. The van der Waals surface area contributed by atoms with Gasteiger partial charge in [0.05, 0.1) is 11.8 Å². The standard InChI is InChI=1S/C10H16N2O5S/c1-3-4-7(11)9(13)12-8(10(14)15)5-6-18(2,16)17/h1,7-8H,4-6,11H2,2H3,(H,12,13)(H,14,15). The van der Waals surface area contributed by atoms with E-state index in [1.54, 1.807) is 0 Å². The Hall–Kier alpha value is -1.59. The quantitative estimate of drug-likeness (QED) is 0.478. The van der Waals surface area contributed by atoms with E-state index in [4.69, 9.17) is 17.3 Å². The minimum Gasteiger partial charge on any atom is -0.480 e. The van der Waals surface area contributed by atoms with Gasteiger partial charge in [-0.3, -0.25) is 4.79 Å². The van der Waals surface area contributed by atoms with E-state index in [1.165, 1.54) is 0 Å². The molecule has 0 aliphatic rings. The Labute approximate surface area is 106 Å². The normalized spacial score (nSPS) is 14.3. The second-order valence-corrected chi connectivity index (χ2v) is 6.09. The second-order valence-electron chi connectivity index (χ2n) is 3.83. The first-order valence-corrected chi connectivity index (χ1v) is 7.13. The number of carbonyl (C=O) groups excluding carboxylic acids is 1. The number of carboxylic acid groups (broad SMARTS) is 1. The van der Waals surface area contributed by atoms with Crippen LogP contribution < -0.4 is 11.1 Å². The third kappa shape index (κ3) is 6.88. The summed E-state index contributed by atoms with van der Waals surface area (Å²) in [6.45, 7) is 0. The first-order chi connectivity index (χ1) is 8.17. The number of hydrogen-bond acceptors (Lipinski definition) is 5. The van der Waals surface area contributed by atoms with Crippen molar-refractivity contribution >= 4 is 21.7 Å². The van der Waals surface area contributed by atoms with Gasteiger partial charge in [-0.25, -0.2) is 13.2 Å². The molecular formula is C10H16N2O5S. The van der Waals surface area contributed by atoms with Gasteiger partial charge in [0.1, 0.15) is 15.9 Å². The number of amides is 1. The van der Waals surface area contributed by atoms with E-state index in [9.17, 15) is 18.0 Å². The zero-order chi connectivity index (χ0) is 14.3. The van der Waals surface area contributed by atoms with Crippen molar-refractivity contribution < 1.29 is 23.1 Å². The molecule has 0 radical (unpaired) electrons. The van der Waals surface area contributed by atoms with Crippen LogP contribution in [0.5, 0.6) is 0 Å². The number of sulfone groups is 1. The van der Waals surface area contributed by atoms with Gasteiger partial charge in [0, 0.05) is 12.7 Å². The molecule has 0 saturated heterocycles. The predicted octanol–water partition coefficient (Wildman–Crippen LogP) is -1.66. The first kappa shape index (κ1) is 16.4. The molecule has 1 amide bonds. The molecule has 0 aliphatic carbocycles. The van der Waals surface area contributed by atoms with Gasteiger partial charge in [0.2, 0.25) is 5.91 Å². The number of rotatable bonds is 7. The zero-order valence-corrected chi connectivity index (χ0v) is 10.7. The summed E-state index contributed by atoms with van der Waals surface area (Å²) in [5, 5.41) is 11.0. The molecule has 18 heavy (non-hydrogen) atoms. The lowest BCUT2D eigenvalue weighted by molar-refractivity contribution is -0.142. The highest BCUT2D eigenvalue weighted by molar-refractivity contribution is 7.90. The lowest BCUT2D eigenvalue weighted by atomic mass is 10.1. The molecule has 0 saturated carbocycles. The number of nitrogens with one attached hydrogen (secondary N) is 1. The molecular weight excluding hydrogens is 260 g/mol. The Kier molecular flexibility index (Phi) is 6.36. The Morgan fingerprint density at radius 2 is 2.06 bits per heavy atom. The molecule has 8 heteroatoms. The summed E-state index contributed by atoms with van der Waals surface area (Å²) in [7, 11) is -3.30. The maximum atomic E-state index is 11.4. The summed E-state index contributed by atoms with van der Waals surface area (Å²) in [4.78, 5) is 22.3. The Bertz CT molecular complexity index is 451. The molecule has 0 aromatic rings. The molecule has 0 aromatic carbocycles. The third-order valence-electron chi connectivity index (χ3n) is 2.07. The van der Waals surface area contributed by atoms with Crippen molar-refractivity contribution in [3.05, 3.63) is 0 Å². The van der Waals surface area contributed by atoms with Crippen molar-refractivity contribution in [2.75, 3.05) is 12.0 Å². The van der Waals surface area contributed by atoms with Crippen LogP contribution in [0.4, 0.5) is 0 Å². The predicted molar refractivity (Wildman–Crippen MR) is 65.3 cm³/mol. The van der Waals surface area contributed by atoms with Crippen LogP contribution in [0.3, 0.4) is 0 Å². The first-order valence-electron chi connectivity index (χ1n) is 5.07. The fraction of sp³-hybridized carbons (Fsp3) is 0.600. The van der Waals surface area contributed by atoms with Crippen molar-refractivity contribution in [3.63, 3.8) is 0 Å². The minimum absolute atomic E-state index is 0.0236. The van der Waals surface area contributed by atoms with Crippen LogP contribution in [-0.4, -0.2) is 49.5 Å². The van der Waals surface area contributed by atoms with Gasteiger partial charge in [-0.2, -0.15) is 0 Å². The number of aliphatic carboxylic acids is 1. The molecule has 2 atom stereocenters. The van der Waals surface area contributed by atoms with Crippen LogP contribution >= 0.6 is 0 Å². The summed E-state index contributed by atoms with van der Waals surface area (Å²) in [5.41, 5.74) is 5.39. The smallest absolute Gasteiger partial charge is 0.326 e. The average Bonchev–Trinajstić information content (AvgIpc) is 2.22. The van der Waals surface area contributed by atoms with Crippen LogP contribution in [0.1, 0.15) is 12.8 Å². The number of carboxylic acids is 1. The number of nitrogens with two attached hydrogens (primary N) is 1. The monoisotopic (exact) mass is 276 g/mol. The second kappa shape index (κ2) is 6.98. The van der Waals surface area contributed by atoms with Crippen LogP contribution in [0, 0.1) is 12.3 Å². The fourth-order valence-electron chi connectivity index (χ4n) is 1.09. The number of terminal acetylenes is 1. The largest absolute Gasteiger partial charge is 0.480 e. The van der Waals surface area contributed by atoms with Gasteiger partial charge in [-0.15, -0.1) is 12.3 Å². The van der Waals surface area contributed by atoms with E-state index >= 15 is 0 Å². The summed E-state index contributed by atoms with van der Waals surface area (Å²) >= 11 is 0. The van der Waals surface area contributed by atoms with E-state index in [2.05, 4.69) is 11.2 Å². The van der Waals surface area contributed by atoms with E-state index in [0.717, 1.165) is 6.26 Å². The van der Waals surface area contributed by atoms with Gasteiger partial charge in [-0.05, 0) is 6.42 Å². The van der Waals surface area contributed by atoms with Crippen molar-refractivity contribution in [2.24, 2.45) is 5.73 Å². The summed E-state index contributed by atoms with van der Waals surface area (Å²) in [5.74, 6) is -0.194. The van der Waals surface area contributed by atoms with Gasteiger partial charge in [0.15, 0.2) is 0 Å². The molecule has 2 unspecified atom stereocenters. The highest BCUT2D eigenvalue weighted by Gasteiger charge is 2.23. The highest BCUT2D eigenvalue weighted by atomic mass is 32.2.